The van der Waals surface area contributed by atoms with Gasteiger partial charge >= 0.3 is 0 Å². The predicted octanol–water partition coefficient (Wildman–Crippen LogP) is 0.941. The summed E-state index contributed by atoms with van der Waals surface area (Å²) in [5, 5.41) is 6.59. The third kappa shape index (κ3) is 5.80. The largest absolute Gasteiger partial charge is 0.302 e. The zero-order chi connectivity index (χ0) is 7.11. The van der Waals surface area contributed by atoms with Crippen molar-refractivity contribution in [3.05, 3.63) is 0 Å². The van der Waals surface area contributed by atoms with Crippen molar-refractivity contribution in [2.45, 2.75) is 33.4 Å². The van der Waals surface area contributed by atoms with Gasteiger partial charge in [-0.25, -0.2) is 0 Å². The van der Waals surface area contributed by atoms with E-state index in [9.17, 15) is 0 Å². The molecule has 0 radical (unpaired) electrons. The molecule has 1 atom stereocenters. The van der Waals surface area contributed by atoms with Crippen LogP contribution >= 0.6 is 0 Å². The van der Waals surface area contributed by atoms with Crippen molar-refractivity contribution in [1.82, 2.24) is 10.6 Å². The Bertz CT molecular complexity index is 54.9. The minimum absolute atomic E-state index is 0.468. The van der Waals surface area contributed by atoms with Crippen LogP contribution in [-0.2, 0) is 0 Å². The van der Waals surface area contributed by atoms with Crippen LogP contribution in [0.2, 0.25) is 0 Å². The molecule has 56 valence electrons. The molecule has 0 aliphatic rings. The predicted molar refractivity (Wildman–Crippen MR) is 41.4 cm³/mol. The highest BCUT2D eigenvalue weighted by atomic mass is 15.1. The summed E-state index contributed by atoms with van der Waals surface area (Å²) in [6.45, 7) is 8.57. The molecule has 0 aliphatic heterocycles. The molecule has 0 bridgehead atoms. The zero-order valence-electron chi connectivity index (χ0n) is 6.70. The van der Waals surface area contributed by atoms with E-state index in [4.69, 9.17) is 0 Å². The SMILES string of the molecule is CCCNC(C)NCC. The van der Waals surface area contributed by atoms with E-state index in [0.29, 0.717) is 6.17 Å². The third-order valence-corrected chi connectivity index (χ3v) is 1.21. The normalized spacial score (nSPS) is 13.7. The maximum atomic E-state index is 3.32. The highest BCUT2D eigenvalue weighted by molar-refractivity contribution is 4.54. The van der Waals surface area contributed by atoms with E-state index in [1.165, 1.54) is 6.42 Å². The summed E-state index contributed by atoms with van der Waals surface area (Å²) in [7, 11) is 0. The molecule has 0 fully saturated rings. The van der Waals surface area contributed by atoms with E-state index in [1.54, 1.807) is 0 Å². The first-order valence-corrected chi connectivity index (χ1v) is 3.78. The highest BCUT2D eigenvalue weighted by Gasteiger charge is 1.93. The molecule has 0 saturated heterocycles. The fourth-order valence-electron chi connectivity index (χ4n) is 0.739. The van der Waals surface area contributed by atoms with Gasteiger partial charge in [-0.1, -0.05) is 13.8 Å². The van der Waals surface area contributed by atoms with Crippen LogP contribution in [0.1, 0.15) is 27.2 Å². The van der Waals surface area contributed by atoms with E-state index in [0.717, 1.165) is 13.1 Å². The van der Waals surface area contributed by atoms with Crippen molar-refractivity contribution >= 4 is 0 Å². The maximum Gasteiger partial charge on any atom is 0.0542 e. The van der Waals surface area contributed by atoms with Crippen molar-refractivity contribution < 1.29 is 0 Å². The summed E-state index contributed by atoms with van der Waals surface area (Å²) in [6.07, 6.45) is 1.67. The molecule has 1 unspecified atom stereocenters. The van der Waals surface area contributed by atoms with Crippen molar-refractivity contribution in [3.8, 4) is 0 Å². The summed E-state index contributed by atoms with van der Waals surface area (Å²) in [5.74, 6) is 0. The van der Waals surface area contributed by atoms with Crippen LogP contribution in [0.5, 0.6) is 0 Å². The van der Waals surface area contributed by atoms with E-state index in [2.05, 4.69) is 31.4 Å². The molecule has 0 spiro atoms. The zero-order valence-corrected chi connectivity index (χ0v) is 6.70. The van der Waals surface area contributed by atoms with Gasteiger partial charge in [0.1, 0.15) is 0 Å². The van der Waals surface area contributed by atoms with Crippen molar-refractivity contribution in [3.63, 3.8) is 0 Å². The third-order valence-electron chi connectivity index (χ3n) is 1.21. The molecule has 0 aromatic rings. The van der Waals surface area contributed by atoms with Gasteiger partial charge in [-0.15, -0.1) is 0 Å². The minimum atomic E-state index is 0.468. The second-order valence-electron chi connectivity index (χ2n) is 2.23. The molecular formula is C7H18N2. The quantitative estimate of drug-likeness (QED) is 0.541. The molecule has 0 aromatic carbocycles. The Balaban J connectivity index is 2.95. The Labute approximate surface area is 58.0 Å². The molecule has 0 rings (SSSR count). The Morgan fingerprint density at radius 2 is 1.89 bits per heavy atom. The van der Waals surface area contributed by atoms with Crippen LogP contribution in [-0.4, -0.2) is 19.3 Å². The molecule has 0 heterocycles. The molecular weight excluding hydrogens is 112 g/mol. The summed E-state index contributed by atoms with van der Waals surface area (Å²) in [4.78, 5) is 0. The van der Waals surface area contributed by atoms with Crippen LogP contribution in [0.4, 0.5) is 0 Å². The maximum absolute atomic E-state index is 3.32. The van der Waals surface area contributed by atoms with Gasteiger partial charge in [0, 0.05) is 0 Å². The first-order chi connectivity index (χ1) is 4.31. The lowest BCUT2D eigenvalue weighted by molar-refractivity contribution is 0.465. The average molecular weight is 130 g/mol. The molecule has 9 heavy (non-hydrogen) atoms. The van der Waals surface area contributed by atoms with Gasteiger partial charge in [-0.2, -0.15) is 0 Å². The Morgan fingerprint density at radius 3 is 2.33 bits per heavy atom. The van der Waals surface area contributed by atoms with Gasteiger partial charge in [0.25, 0.3) is 0 Å². The van der Waals surface area contributed by atoms with Crippen molar-refractivity contribution in [1.29, 1.82) is 0 Å². The molecule has 0 saturated carbocycles. The van der Waals surface area contributed by atoms with Gasteiger partial charge in [0.05, 0.1) is 6.17 Å². The summed E-state index contributed by atoms with van der Waals surface area (Å²) < 4.78 is 0. The van der Waals surface area contributed by atoms with E-state index >= 15 is 0 Å². The van der Waals surface area contributed by atoms with Gasteiger partial charge in [0.15, 0.2) is 0 Å². The first kappa shape index (κ1) is 8.92. The minimum Gasteiger partial charge on any atom is -0.302 e. The molecule has 2 N–H and O–H groups in total. The van der Waals surface area contributed by atoms with Gasteiger partial charge < -0.3 is 10.6 Å². The lowest BCUT2D eigenvalue weighted by Gasteiger charge is -2.12. The standard InChI is InChI=1S/C7H18N2/c1-4-6-9-7(3)8-5-2/h7-9H,4-6H2,1-3H3. The topological polar surface area (TPSA) is 24.1 Å². The molecule has 0 aliphatic carbocycles. The Morgan fingerprint density at radius 1 is 1.22 bits per heavy atom. The molecule has 0 amide bonds. The Kier molecular flexibility index (Phi) is 5.99. The van der Waals surface area contributed by atoms with Gasteiger partial charge in [-0.3, -0.25) is 0 Å². The molecule has 2 heteroatoms. The molecule has 0 aromatic heterocycles. The highest BCUT2D eigenvalue weighted by Crippen LogP contribution is 1.75. The van der Waals surface area contributed by atoms with Crippen LogP contribution in [0.15, 0.2) is 0 Å². The summed E-state index contributed by atoms with van der Waals surface area (Å²) in [6, 6.07) is 0. The van der Waals surface area contributed by atoms with E-state index in [1.807, 2.05) is 0 Å². The fraction of sp³-hybridized carbons (Fsp3) is 1.00. The number of nitrogens with one attached hydrogen (secondary N) is 2. The van der Waals surface area contributed by atoms with E-state index < -0.39 is 0 Å². The second kappa shape index (κ2) is 6.05. The number of hydrogen-bond acceptors (Lipinski definition) is 2. The summed E-state index contributed by atoms with van der Waals surface area (Å²) in [5.41, 5.74) is 0. The van der Waals surface area contributed by atoms with E-state index in [-0.39, 0.29) is 0 Å². The van der Waals surface area contributed by atoms with Crippen LogP contribution < -0.4 is 10.6 Å². The molecule has 2 nitrogen and oxygen atoms in total. The lowest BCUT2D eigenvalue weighted by Crippen LogP contribution is -2.39. The smallest absolute Gasteiger partial charge is 0.0542 e. The Hall–Kier alpha value is -0.0800. The fourth-order valence-corrected chi connectivity index (χ4v) is 0.739. The van der Waals surface area contributed by atoms with Crippen LogP contribution in [0.25, 0.3) is 0 Å². The van der Waals surface area contributed by atoms with Gasteiger partial charge in [0.2, 0.25) is 0 Å². The lowest BCUT2D eigenvalue weighted by atomic mass is 10.4. The van der Waals surface area contributed by atoms with Crippen LogP contribution in [0, 0.1) is 0 Å². The second-order valence-corrected chi connectivity index (χ2v) is 2.23. The van der Waals surface area contributed by atoms with Gasteiger partial charge in [-0.05, 0) is 26.4 Å². The monoisotopic (exact) mass is 130 g/mol. The summed E-state index contributed by atoms with van der Waals surface area (Å²) >= 11 is 0. The average Bonchev–Trinajstić information content (AvgIpc) is 1.85. The first-order valence-electron chi connectivity index (χ1n) is 3.78. The van der Waals surface area contributed by atoms with Crippen LogP contribution in [0.3, 0.4) is 0 Å². The van der Waals surface area contributed by atoms with Crippen molar-refractivity contribution in [2.75, 3.05) is 13.1 Å². The number of hydrogen-bond donors (Lipinski definition) is 2. The number of rotatable bonds is 5. The van der Waals surface area contributed by atoms with Crippen molar-refractivity contribution in [2.24, 2.45) is 0 Å².